The SMILES string of the molecule is CCn1c(COc2ccc(OC)cc2)nnc1SCC(=O)Nc1ccc(F)cc1. The van der Waals surface area contributed by atoms with Gasteiger partial charge in [0.15, 0.2) is 11.0 Å². The first-order valence-corrected chi connectivity index (χ1v) is 9.94. The standard InChI is InChI=1S/C20H21FN4O3S/c1-3-25-18(12-28-17-10-8-16(27-2)9-11-17)23-24-20(25)29-13-19(26)22-15-6-4-14(21)5-7-15/h4-11H,3,12-13H2,1-2H3,(H,22,26). The fraction of sp³-hybridized carbons (Fsp3) is 0.250. The van der Waals surface area contributed by atoms with Gasteiger partial charge in [-0.3, -0.25) is 4.79 Å². The van der Waals surface area contributed by atoms with Crippen molar-refractivity contribution in [1.82, 2.24) is 14.8 Å². The largest absolute Gasteiger partial charge is 0.497 e. The maximum Gasteiger partial charge on any atom is 0.234 e. The van der Waals surface area contributed by atoms with Crippen LogP contribution in [0.2, 0.25) is 0 Å². The molecule has 0 fully saturated rings. The van der Waals surface area contributed by atoms with Crippen LogP contribution in [0.3, 0.4) is 0 Å². The number of nitrogens with zero attached hydrogens (tertiary/aromatic N) is 3. The first-order chi connectivity index (χ1) is 14.1. The maximum atomic E-state index is 12.9. The molecule has 29 heavy (non-hydrogen) atoms. The third-order valence-electron chi connectivity index (χ3n) is 4.00. The predicted molar refractivity (Wildman–Crippen MR) is 109 cm³/mol. The fourth-order valence-corrected chi connectivity index (χ4v) is 3.35. The van der Waals surface area contributed by atoms with E-state index in [0.717, 1.165) is 5.75 Å². The number of hydrogen-bond acceptors (Lipinski definition) is 6. The second-order valence-electron chi connectivity index (χ2n) is 5.95. The summed E-state index contributed by atoms with van der Waals surface area (Å²) in [6, 6.07) is 12.9. The van der Waals surface area contributed by atoms with E-state index in [1.807, 2.05) is 35.8 Å². The molecule has 0 aliphatic carbocycles. The van der Waals surface area contributed by atoms with Gasteiger partial charge in [0.1, 0.15) is 23.9 Å². The van der Waals surface area contributed by atoms with Crippen LogP contribution in [0, 0.1) is 5.82 Å². The van der Waals surface area contributed by atoms with Crippen molar-refractivity contribution in [3.8, 4) is 11.5 Å². The van der Waals surface area contributed by atoms with Crippen molar-refractivity contribution in [3.05, 3.63) is 60.2 Å². The van der Waals surface area contributed by atoms with Gasteiger partial charge in [-0.1, -0.05) is 11.8 Å². The molecular formula is C20H21FN4O3S. The first-order valence-electron chi connectivity index (χ1n) is 8.96. The minimum absolute atomic E-state index is 0.162. The Labute approximate surface area is 172 Å². The number of rotatable bonds is 9. The molecule has 1 N–H and O–H groups in total. The normalized spacial score (nSPS) is 10.6. The number of ether oxygens (including phenoxy) is 2. The van der Waals surface area contributed by atoms with Crippen LogP contribution in [-0.4, -0.2) is 33.5 Å². The Morgan fingerprint density at radius 3 is 2.45 bits per heavy atom. The van der Waals surface area contributed by atoms with E-state index in [1.165, 1.54) is 36.0 Å². The lowest BCUT2D eigenvalue weighted by atomic mass is 10.3. The highest BCUT2D eigenvalue weighted by molar-refractivity contribution is 7.99. The van der Waals surface area contributed by atoms with E-state index in [2.05, 4.69) is 15.5 Å². The van der Waals surface area contributed by atoms with Crippen LogP contribution in [0.4, 0.5) is 10.1 Å². The van der Waals surface area contributed by atoms with Gasteiger partial charge in [0, 0.05) is 12.2 Å². The Bertz CT molecular complexity index is 945. The number of amides is 1. The third kappa shape index (κ3) is 5.71. The Kier molecular flexibility index (Phi) is 7.07. The molecule has 152 valence electrons. The summed E-state index contributed by atoms with van der Waals surface area (Å²) in [7, 11) is 1.61. The van der Waals surface area contributed by atoms with Crippen LogP contribution in [0.15, 0.2) is 53.7 Å². The lowest BCUT2D eigenvalue weighted by Crippen LogP contribution is -2.15. The second-order valence-corrected chi connectivity index (χ2v) is 6.89. The molecule has 0 radical (unpaired) electrons. The molecule has 0 saturated carbocycles. The number of aromatic nitrogens is 3. The molecule has 0 aliphatic heterocycles. The molecule has 3 rings (SSSR count). The topological polar surface area (TPSA) is 78.3 Å². The number of halogens is 1. The minimum Gasteiger partial charge on any atom is -0.497 e. The van der Waals surface area contributed by atoms with E-state index in [-0.39, 0.29) is 24.1 Å². The number of hydrogen-bond donors (Lipinski definition) is 1. The molecule has 0 spiro atoms. The molecular weight excluding hydrogens is 395 g/mol. The third-order valence-corrected chi connectivity index (χ3v) is 4.96. The van der Waals surface area contributed by atoms with E-state index >= 15 is 0 Å². The summed E-state index contributed by atoms with van der Waals surface area (Å²) in [5.74, 6) is 1.73. The van der Waals surface area contributed by atoms with Crippen molar-refractivity contribution >= 4 is 23.4 Å². The monoisotopic (exact) mass is 416 g/mol. The summed E-state index contributed by atoms with van der Waals surface area (Å²) in [4.78, 5) is 12.1. The van der Waals surface area contributed by atoms with Gasteiger partial charge in [-0.2, -0.15) is 0 Å². The van der Waals surface area contributed by atoms with Gasteiger partial charge in [-0.05, 0) is 55.5 Å². The highest BCUT2D eigenvalue weighted by atomic mass is 32.2. The van der Waals surface area contributed by atoms with Gasteiger partial charge in [0.2, 0.25) is 5.91 Å². The van der Waals surface area contributed by atoms with Gasteiger partial charge in [-0.25, -0.2) is 4.39 Å². The van der Waals surface area contributed by atoms with Crippen molar-refractivity contribution < 1.29 is 18.7 Å². The number of nitrogens with one attached hydrogen (secondary N) is 1. The smallest absolute Gasteiger partial charge is 0.234 e. The number of carbonyl (C=O) groups is 1. The molecule has 1 amide bonds. The maximum absolute atomic E-state index is 12.9. The number of thioether (sulfide) groups is 1. The summed E-state index contributed by atoms with van der Waals surface area (Å²) in [5, 5.41) is 11.7. The molecule has 0 aliphatic rings. The zero-order chi connectivity index (χ0) is 20.6. The summed E-state index contributed by atoms with van der Waals surface area (Å²) >= 11 is 1.28. The molecule has 7 nitrogen and oxygen atoms in total. The van der Waals surface area contributed by atoms with E-state index in [4.69, 9.17) is 9.47 Å². The molecule has 0 saturated heterocycles. The average Bonchev–Trinajstić information content (AvgIpc) is 3.14. The van der Waals surface area contributed by atoms with Crippen molar-refractivity contribution in [1.29, 1.82) is 0 Å². The molecule has 1 aromatic heterocycles. The number of anilines is 1. The molecule has 0 unspecified atom stereocenters. The van der Waals surface area contributed by atoms with E-state index in [0.29, 0.717) is 29.0 Å². The van der Waals surface area contributed by atoms with Crippen molar-refractivity contribution in [3.63, 3.8) is 0 Å². The van der Waals surface area contributed by atoms with Crippen LogP contribution >= 0.6 is 11.8 Å². The van der Waals surface area contributed by atoms with Crippen molar-refractivity contribution in [2.45, 2.75) is 25.2 Å². The minimum atomic E-state index is -0.349. The molecule has 9 heteroatoms. The quantitative estimate of drug-likeness (QED) is 0.535. The number of carbonyl (C=O) groups excluding carboxylic acids is 1. The predicted octanol–water partition coefficient (Wildman–Crippen LogP) is 3.76. The van der Waals surface area contributed by atoms with Crippen LogP contribution < -0.4 is 14.8 Å². The Hall–Kier alpha value is -3.07. The van der Waals surface area contributed by atoms with E-state index in [9.17, 15) is 9.18 Å². The summed E-state index contributed by atoms with van der Waals surface area (Å²) in [6.45, 7) is 2.88. The summed E-state index contributed by atoms with van der Waals surface area (Å²) in [6.07, 6.45) is 0. The molecule has 0 atom stereocenters. The molecule has 3 aromatic rings. The zero-order valence-corrected chi connectivity index (χ0v) is 16.9. The Morgan fingerprint density at radius 2 is 1.79 bits per heavy atom. The summed E-state index contributed by atoms with van der Waals surface area (Å²) < 4.78 is 25.7. The summed E-state index contributed by atoms with van der Waals surface area (Å²) in [5.41, 5.74) is 0.544. The molecule has 1 heterocycles. The van der Waals surface area contributed by atoms with Crippen LogP contribution in [0.5, 0.6) is 11.5 Å². The van der Waals surface area contributed by atoms with Crippen molar-refractivity contribution in [2.24, 2.45) is 0 Å². The lowest BCUT2D eigenvalue weighted by Gasteiger charge is -2.09. The Balaban J connectivity index is 1.55. The second kappa shape index (κ2) is 9.92. The average molecular weight is 416 g/mol. The van der Waals surface area contributed by atoms with Crippen molar-refractivity contribution in [2.75, 3.05) is 18.2 Å². The highest BCUT2D eigenvalue weighted by Crippen LogP contribution is 2.21. The molecule has 0 bridgehead atoms. The lowest BCUT2D eigenvalue weighted by molar-refractivity contribution is -0.113. The van der Waals surface area contributed by atoms with Gasteiger partial charge in [-0.15, -0.1) is 10.2 Å². The highest BCUT2D eigenvalue weighted by Gasteiger charge is 2.14. The van der Waals surface area contributed by atoms with Gasteiger partial charge >= 0.3 is 0 Å². The van der Waals surface area contributed by atoms with E-state index < -0.39 is 0 Å². The molecule has 2 aromatic carbocycles. The Morgan fingerprint density at radius 1 is 1.10 bits per heavy atom. The fourth-order valence-electron chi connectivity index (χ4n) is 2.53. The number of benzene rings is 2. The van der Waals surface area contributed by atoms with Crippen LogP contribution in [0.1, 0.15) is 12.7 Å². The van der Waals surface area contributed by atoms with E-state index in [1.54, 1.807) is 7.11 Å². The van der Waals surface area contributed by atoms with Gasteiger partial charge < -0.3 is 19.4 Å². The first kappa shape index (κ1) is 20.7. The number of methoxy groups -OCH3 is 1. The zero-order valence-electron chi connectivity index (χ0n) is 16.1. The van der Waals surface area contributed by atoms with Gasteiger partial charge in [0.25, 0.3) is 0 Å². The van der Waals surface area contributed by atoms with Gasteiger partial charge in [0.05, 0.1) is 12.9 Å². The van der Waals surface area contributed by atoms with Crippen LogP contribution in [-0.2, 0) is 17.9 Å². The van der Waals surface area contributed by atoms with Crippen LogP contribution in [0.25, 0.3) is 0 Å².